The van der Waals surface area contributed by atoms with Crippen molar-refractivity contribution in [2.24, 2.45) is 5.41 Å². The molecule has 0 unspecified atom stereocenters. The lowest BCUT2D eigenvalue weighted by atomic mass is 9.75. The maximum Gasteiger partial charge on any atom is 0.251 e. The molecule has 0 aliphatic heterocycles. The van der Waals surface area contributed by atoms with Crippen LogP contribution >= 0.6 is 45.8 Å². The largest absolute Gasteiger partial charge is 0.351 e. The number of alkyl halides is 1. The van der Waals surface area contributed by atoms with Gasteiger partial charge in [-0.2, -0.15) is 0 Å². The van der Waals surface area contributed by atoms with Crippen molar-refractivity contribution in [3.63, 3.8) is 0 Å². The van der Waals surface area contributed by atoms with Gasteiger partial charge in [0.15, 0.2) is 0 Å². The highest BCUT2D eigenvalue weighted by atomic mass is 127. The molecule has 1 N–H and O–H groups in total. The average molecular weight is 426 g/mol. The first kappa shape index (κ1) is 16.4. The van der Waals surface area contributed by atoms with Gasteiger partial charge in [0.25, 0.3) is 5.91 Å². The minimum absolute atomic E-state index is 0.0710. The second-order valence-electron chi connectivity index (χ2n) is 5.51. The third-order valence-corrected chi connectivity index (χ3v) is 6.14. The third-order valence-electron chi connectivity index (χ3n) is 4.00. The predicted octanol–water partition coefficient (Wildman–Crippen LogP) is 4.86. The van der Waals surface area contributed by atoms with E-state index in [1.807, 2.05) is 6.07 Å². The summed E-state index contributed by atoms with van der Waals surface area (Å²) in [5, 5.41) is 3.64. The fourth-order valence-corrected chi connectivity index (χ4v) is 3.54. The van der Waals surface area contributed by atoms with E-state index in [0.29, 0.717) is 23.0 Å². The Morgan fingerprint density at radius 1 is 1.30 bits per heavy atom. The second-order valence-corrected chi connectivity index (χ2v) is 7.34. The van der Waals surface area contributed by atoms with E-state index in [4.69, 9.17) is 23.2 Å². The predicted molar refractivity (Wildman–Crippen MR) is 92.7 cm³/mol. The quantitative estimate of drug-likeness (QED) is 0.541. The number of hydrogen-bond donors (Lipinski definition) is 1. The SMILES string of the molecule is O=C(NCC1(CCl)CCCCC1)c1ccc(I)c(Cl)c1. The molecule has 20 heavy (non-hydrogen) atoms. The number of hydrogen-bond acceptors (Lipinski definition) is 1. The minimum atomic E-state index is -0.0710. The van der Waals surface area contributed by atoms with Crippen LogP contribution in [0.15, 0.2) is 18.2 Å². The molecule has 5 heteroatoms. The van der Waals surface area contributed by atoms with E-state index >= 15 is 0 Å². The Kier molecular flexibility index (Phi) is 5.99. The molecular weight excluding hydrogens is 408 g/mol. The Hall–Kier alpha value is -0.0000000000000000555. The van der Waals surface area contributed by atoms with Gasteiger partial charge in [0.1, 0.15) is 0 Å². The third kappa shape index (κ3) is 4.01. The highest BCUT2D eigenvalue weighted by Gasteiger charge is 2.31. The zero-order valence-electron chi connectivity index (χ0n) is 11.2. The number of rotatable bonds is 4. The molecule has 1 fully saturated rings. The van der Waals surface area contributed by atoms with Crippen molar-refractivity contribution in [1.29, 1.82) is 0 Å². The molecule has 1 saturated carbocycles. The Morgan fingerprint density at radius 2 is 2.00 bits per heavy atom. The summed E-state index contributed by atoms with van der Waals surface area (Å²) in [6, 6.07) is 5.37. The molecule has 0 atom stereocenters. The fourth-order valence-electron chi connectivity index (χ4n) is 2.67. The van der Waals surface area contributed by atoms with E-state index in [9.17, 15) is 4.79 Å². The molecule has 1 aliphatic carbocycles. The molecule has 2 rings (SSSR count). The normalized spacial score (nSPS) is 17.8. The lowest BCUT2D eigenvalue weighted by molar-refractivity contribution is 0.0921. The van der Waals surface area contributed by atoms with Gasteiger partial charge in [-0.25, -0.2) is 0 Å². The van der Waals surface area contributed by atoms with Crippen molar-refractivity contribution in [2.75, 3.05) is 12.4 Å². The molecule has 0 bridgehead atoms. The summed E-state index contributed by atoms with van der Waals surface area (Å²) in [4.78, 5) is 12.2. The van der Waals surface area contributed by atoms with E-state index in [1.165, 1.54) is 19.3 Å². The summed E-state index contributed by atoms with van der Waals surface area (Å²) in [7, 11) is 0. The molecule has 1 aliphatic rings. The van der Waals surface area contributed by atoms with Crippen LogP contribution in [0.3, 0.4) is 0 Å². The molecule has 0 radical (unpaired) electrons. The number of carbonyl (C=O) groups excluding carboxylic acids is 1. The highest BCUT2D eigenvalue weighted by molar-refractivity contribution is 14.1. The number of amides is 1. The Labute approximate surface area is 143 Å². The number of nitrogens with one attached hydrogen (secondary N) is 1. The zero-order valence-corrected chi connectivity index (χ0v) is 14.9. The lowest BCUT2D eigenvalue weighted by Gasteiger charge is -2.35. The maximum absolute atomic E-state index is 12.2. The highest BCUT2D eigenvalue weighted by Crippen LogP contribution is 2.36. The summed E-state index contributed by atoms with van der Waals surface area (Å²) in [5.41, 5.74) is 0.679. The summed E-state index contributed by atoms with van der Waals surface area (Å²) in [5.74, 6) is 0.541. The average Bonchev–Trinajstić information content (AvgIpc) is 2.48. The molecular formula is C15H18Cl2INO. The van der Waals surface area contributed by atoms with Crippen LogP contribution in [-0.2, 0) is 0 Å². The first-order chi connectivity index (χ1) is 9.56. The summed E-state index contributed by atoms with van der Waals surface area (Å²) in [6.07, 6.45) is 5.89. The lowest BCUT2D eigenvalue weighted by Crippen LogP contribution is -2.40. The number of halogens is 3. The van der Waals surface area contributed by atoms with Crippen molar-refractivity contribution < 1.29 is 4.79 Å². The monoisotopic (exact) mass is 425 g/mol. The van der Waals surface area contributed by atoms with Crippen LogP contribution in [0.5, 0.6) is 0 Å². The van der Waals surface area contributed by atoms with E-state index in [-0.39, 0.29) is 11.3 Å². The molecule has 0 aromatic heterocycles. The van der Waals surface area contributed by atoms with Crippen molar-refractivity contribution in [1.82, 2.24) is 5.32 Å². The second kappa shape index (κ2) is 7.32. The summed E-state index contributed by atoms with van der Waals surface area (Å²) >= 11 is 14.3. The van der Waals surface area contributed by atoms with Gasteiger partial charge in [0.2, 0.25) is 0 Å². The molecule has 0 spiro atoms. The van der Waals surface area contributed by atoms with Gasteiger partial charge in [0.05, 0.1) is 5.02 Å². The molecule has 1 aromatic carbocycles. The van der Waals surface area contributed by atoms with E-state index in [1.54, 1.807) is 12.1 Å². The van der Waals surface area contributed by atoms with Gasteiger partial charge in [-0.15, -0.1) is 11.6 Å². The zero-order chi connectivity index (χ0) is 14.6. The van der Waals surface area contributed by atoms with Crippen LogP contribution in [0, 0.1) is 8.99 Å². The van der Waals surface area contributed by atoms with Gasteiger partial charge in [-0.1, -0.05) is 30.9 Å². The first-order valence-corrected chi connectivity index (χ1v) is 8.85. The van der Waals surface area contributed by atoms with Crippen LogP contribution in [0.1, 0.15) is 42.5 Å². The van der Waals surface area contributed by atoms with Crippen LogP contribution in [0.25, 0.3) is 0 Å². The van der Waals surface area contributed by atoms with Crippen LogP contribution in [0.2, 0.25) is 5.02 Å². The van der Waals surface area contributed by atoms with Crippen molar-refractivity contribution in [2.45, 2.75) is 32.1 Å². The van der Waals surface area contributed by atoms with Gasteiger partial charge in [0, 0.05) is 27.0 Å². The summed E-state index contributed by atoms with van der Waals surface area (Å²) < 4.78 is 0.949. The van der Waals surface area contributed by atoms with Gasteiger partial charge in [-0.05, 0) is 53.6 Å². The van der Waals surface area contributed by atoms with Crippen LogP contribution in [-0.4, -0.2) is 18.3 Å². The molecule has 110 valence electrons. The molecule has 1 aromatic rings. The van der Waals surface area contributed by atoms with Crippen LogP contribution in [0.4, 0.5) is 0 Å². The Morgan fingerprint density at radius 3 is 2.60 bits per heavy atom. The van der Waals surface area contributed by atoms with Crippen molar-refractivity contribution in [3.05, 3.63) is 32.4 Å². The standard InChI is InChI=1S/C15H18Cl2INO/c16-9-15(6-2-1-3-7-15)10-19-14(20)11-4-5-13(18)12(17)8-11/h4-5,8H,1-3,6-7,9-10H2,(H,19,20). The maximum atomic E-state index is 12.2. The topological polar surface area (TPSA) is 29.1 Å². The number of carbonyl (C=O) groups is 1. The fraction of sp³-hybridized carbons (Fsp3) is 0.533. The Balaban J connectivity index is 1.98. The minimum Gasteiger partial charge on any atom is -0.351 e. The Bertz CT molecular complexity index is 487. The van der Waals surface area contributed by atoms with Crippen LogP contribution < -0.4 is 5.32 Å². The van der Waals surface area contributed by atoms with Crippen molar-refractivity contribution >= 4 is 51.7 Å². The van der Waals surface area contributed by atoms with Gasteiger partial charge >= 0.3 is 0 Å². The van der Waals surface area contributed by atoms with Gasteiger partial charge in [-0.3, -0.25) is 4.79 Å². The smallest absolute Gasteiger partial charge is 0.251 e. The molecule has 0 saturated heterocycles. The molecule has 1 amide bonds. The molecule has 0 heterocycles. The number of benzene rings is 1. The van der Waals surface area contributed by atoms with E-state index in [2.05, 4.69) is 27.9 Å². The summed E-state index contributed by atoms with van der Waals surface area (Å²) in [6.45, 7) is 0.652. The van der Waals surface area contributed by atoms with Gasteiger partial charge < -0.3 is 5.32 Å². The first-order valence-electron chi connectivity index (χ1n) is 6.86. The van der Waals surface area contributed by atoms with E-state index in [0.717, 1.165) is 16.4 Å². The van der Waals surface area contributed by atoms with Crippen molar-refractivity contribution in [3.8, 4) is 0 Å². The molecule has 2 nitrogen and oxygen atoms in total. The van der Waals surface area contributed by atoms with E-state index < -0.39 is 0 Å².